The maximum atomic E-state index is 13.8. The summed E-state index contributed by atoms with van der Waals surface area (Å²) in [6.45, 7) is 17.1. The van der Waals surface area contributed by atoms with E-state index < -0.39 is 0 Å². The van der Waals surface area contributed by atoms with Crippen LogP contribution in [-0.2, 0) is 6.54 Å². The van der Waals surface area contributed by atoms with Crippen LogP contribution in [0.15, 0.2) is 85.5 Å². The Balaban J connectivity index is 0.00000112. The van der Waals surface area contributed by atoms with Crippen LogP contribution in [0.4, 0.5) is 10.1 Å². The molecule has 0 saturated heterocycles. The van der Waals surface area contributed by atoms with Crippen LogP contribution < -0.4 is 5.32 Å². The molecule has 0 aliphatic heterocycles. The van der Waals surface area contributed by atoms with Crippen molar-refractivity contribution in [3.8, 4) is 11.3 Å². The molecule has 0 unspecified atom stereocenters. The van der Waals surface area contributed by atoms with Crippen molar-refractivity contribution in [2.45, 2.75) is 66.8 Å². The molecule has 3 rings (SSSR count). The summed E-state index contributed by atoms with van der Waals surface area (Å²) in [5.74, 6) is -0.378. The number of carbonyl (C=O) groups is 1. The summed E-state index contributed by atoms with van der Waals surface area (Å²) >= 11 is 0. The van der Waals surface area contributed by atoms with Gasteiger partial charge in [0.15, 0.2) is 0 Å². The highest BCUT2D eigenvalue weighted by Crippen LogP contribution is 2.40. The maximum absolute atomic E-state index is 13.8. The van der Waals surface area contributed by atoms with Crippen molar-refractivity contribution in [2.24, 2.45) is 0 Å². The molecule has 4 heteroatoms. The van der Waals surface area contributed by atoms with Gasteiger partial charge in [-0.2, -0.15) is 0 Å². The summed E-state index contributed by atoms with van der Waals surface area (Å²) in [4.78, 5) is 13.8. The second-order valence-corrected chi connectivity index (χ2v) is 9.07. The molecule has 3 nitrogen and oxygen atoms in total. The molecule has 1 amide bonds. The molecule has 0 atom stereocenters. The van der Waals surface area contributed by atoms with Crippen LogP contribution >= 0.6 is 0 Å². The first-order chi connectivity index (χ1) is 17.8. The van der Waals surface area contributed by atoms with Gasteiger partial charge in [0.25, 0.3) is 5.91 Å². The number of aromatic nitrogens is 1. The van der Waals surface area contributed by atoms with Gasteiger partial charge in [0.1, 0.15) is 5.82 Å². The molecule has 2 aromatic carbocycles. The molecule has 1 N–H and O–H groups in total. The molecule has 37 heavy (non-hydrogen) atoms. The average molecular weight is 501 g/mol. The van der Waals surface area contributed by atoms with Gasteiger partial charge in [-0.1, -0.05) is 89.6 Å². The first-order valence-electron chi connectivity index (χ1n) is 13.2. The average Bonchev–Trinajstić information content (AvgIpc) is 3.25. The Kier molecular flexibility index (Phi) is 11.8. The van der Waals surface area contributed by atoms with Crippen molar-refractivity contribution in [1.82, 2.24) is 4.57 Å². The first-order valence-corrected chi connectivity index (χ1v) is 13.2. The van der Waals surface area contributed by atoms with Gasteiger partial charge in [0.2, 0.25) is 0 Å². The second kappa shape index (κ2) is 14.8. The minimum atomic E-state index is -0.295. The Hall–Kier alpha value is -3.66. The monoisotopic (exact) mass is 500 g/mol. The fourth-order valence-electron chi connectivity index (χ4n) is 4.23. The van der Waals surface area contributed by atoms with Crippen molar-refractivity contribution >= 4 is 17.2 Å². The third kappa shape index (κ3) is 7.42. The Morgan fingerprint density at radius 2 is 1.62 bits per heavy atom. The number of rotatable bonds is 9. The number of benzene rings is 2. The molecule has 1 aromatic heterocycles. The highest BCUT2D eigenvalue weighted by Gasteiger charge is 2.30. The van der Waals surface area contributed by atoms with Gasteiger partial charge >= 0.3 is 0 Å². The van der Waals surface area contributed by atoms with Gasteiger partial charge in [-0.25, -0.2) is 4.39 Å². The molecule has 0 saturated carbocycles. The summed E-state index contributed by atoms with van der Waals surface area (Å²) in [5, 5.41) is 3.07. The minimum absolute atomic E-state index is 0.0880. The number of hydrogen-bond donors (Lipinski definition) is 1. The zero-order chi connectivity index (χ0) is 27.4. The van der Waals surface area contributed by atoms with Crippen molar-refractivity contribution in [3.63, 3.8) is 0 Å². The Morgan fingerprint density at radius 1 is 1.00 bits per heavy atom. The van der Waals surface area contributed by atoms with E-state index in [-0.39, 0.29) is 17.6 Å². The number of unbranched alkanes of at least 4 members (excludes halogenated alkanes) is 1. The molecular weight excluding hydrogens is 459 g/mol. The smallest absolute Gasteiger partial charge is 0.258 e. The quantitative estimate of drug-likeness (QED) is 0.292. The molecule has 3 aromatic rings. The van der Waals surface area contributed by atoms with Crippen molar-refractivity contribution < 1.29 is 9.18 Å². The summed E-state index contributed by atoms with van der Waals surface area (Å²) in [6, 6.07) is 15.9. The Labute approximate surface area is 222 Å². The second-order valence-electron chi connectivity index (χ2n) is 9.07. The van der Waals surface area contributed by atoms with E-state index in [1.54, 1.807) is 18.2 Å². The fourth-order valence-corrected chi connectivity index (χ4v) is 4.23. The van der Waals surface area contributed by atoms with Crippen molar-refractivity contribution in [1.29, 1.82) is 0 Å². The number of anilines is 1. The van der Waals surface area contributed by atoms with Crippen LogP contribution in [0.1, 0.15) is 81.9 Å². The lowest BCUT2D eigenvalue weighted by Crippen LogP contribution is -2.16. The van der Waals surface area contributed by atoms with Crippen molar-refractivity contribution in [3.05, 3.63) is 108 Å². The maximum Gasteiger partial charge on any atom is 0.258 e. The number of nitrogens with one attached hydrogen (secondary N) is 1. The standard InChI is InChI=1S/C29H31FN2O.C4H10/c1-6-12-21(13-7-2)25-26(29(33)31-24-14-10-9-11-15-24)27(20(4)5)32(8-3)28(25)22-16-18-23(30)19-17-22;1-3-4-2/h6-7,9-20H,1,8H2,2-5H3,(H,31,33);3-4H2,1-2H3/b13-7-,21-12+;. The molecule has 1 heterocycles. The number of amides is 1. The SMILES string of the molecule is C=C/C=C(\C=C/C)c1c(C(=O)Nc2ccccc2)c(C(C)C)n(CC)c1-c1ccc(F)cc1.CCCC. The van der Waals surface area contributed by atoms with Crippen molar-refractivity contribution in [2.75, 3.05) is 5.32 Å². The van der Waals surface area contributed by atoms with E-state index >= 15 is 0 Å². The largest absolute Gasteiger partial charge is 0.343 e. The Bertz CT molecular complexity index is 1210. The normalized spacial score (nSPS) is 11.4. The zero-order valence-corrected chi connectivity index (χ0v) is 23.1. The number of nitrogens with zero attached hydrogens (tertiary/aromatic N) is 1. The summed E-state index contributed by atoms with van der Waals surface area (Å²) in [6.07, 6.45) is 10.2. The molecule has 0 aliphatic rings. The number of allylic oxidation sites excluding steroid dienone is 5. The van der Waals surface area contributed by atoms with Crippen LogP contribution in [0.3, 0.4) is 0 Å². The van der Waals surface area contributed by atoms with E-state index in [0.29, 0.717) is 12.1 Å². The van der Waals surface area contributed by atoms with Gasteiger partial charge < -0.3 is 9.88 Å². The number of carbonyl (C=O) groups excluding carboxylic acids is 1. The zero-order valence-electron chi connectivity index (χ0n) is 23.1. The molecular formula is C33H41FN2O. The van der Waals surface area contributed by atoms with Gasteiger partial charge in [-0.15, -0.1) is 0 Å². The van der Waals surface area contributed by atoms with Gasteiger partial charge in [-0.05, 0) is 67.3 Å². The molecule has 0 fully saturated rings. The highest BCUT2D eigenvalue weighted by molar-refractivity contribution is 6.11. The first kappa shape index (κ1) is 29.6. The third-order valence-corrected chi connectivity index (χ3v) is 5.98. The molecule has 0 aliphatic carbocycles. The van der Waals surface area contributed by atoms with Crippen LogP contribution in [0, 0.1) is 5.82 Å². The number of para-hydroxylation sites is 1. The third-order valence-electron chi connectivity index (χ3n) is 5.98. The summed E-state index contributed by atoms with van der Waals surface area (Å²) < 4.78 is 15.9. The van der Waals surface area contributed by atoms with E-state index in [1.165, 1.54) is 25.0 Å². The van der Waals surface area contributed by atoms with E-state index in [1.807, 2.05) is 55.5 Å². The van der Waals surface area contributed by atoms with E-state index in [2.05, 4.69) is 51.1 Å². The number of hydrogen-bond acceptors (Lipinski definition) is 1. The molecule has 0 radical (unpaired) electrons. The van der Waals surface area contributed by atoms with Crippen LogP contribution in [0.25, 0.3) is 16.8 Å². The van der Waals surface area contributed by atoms with E-state index in [4.69, 9.17) is 0 Å². The predicted molar refractivity (Wildman–Crippen MR) is 158 cm³/mol. The topological polar surface area (TPSA) is 34.0 Å². The lowest BCUT2D eigenvalue weighted by atomic mass is 9.93. The lowest BCUT2D eigenvalue weighted by Gasteiger charge is -2.15. The van der Waals surface area contributed by atoms with Gasteiger partial charge in [0.05, 0.1) is 11.3 Å². The van der Waals surface area contributed by atoms with E-state index in [9.17, 15) is 9.18 Å². The lowest BCUT2D eigenvalue weighted by molar-refractivity contribution is 0.102. The minimum Gasteiger partial charge on any atom is -0.343 e. The van der Waals surface area contributed by atoms with Crippen LogP contribution in [0.5, 0.6) is 0 Å². The van der Waals surface area contributed by atoms with Gasteiger partial charge in [0, 0.05) is 23.5 Å². The summed E-state index contributed by atoms with van der Waals surface area (Å²) in [7, 11) is 0. The molecule has 0 spiro atoms. The fraction of sp³-hybridized carbons (Fsp3) is 0.303. The van der Waals surface area contributed by atoms with Gasteiger partial charge in [-0.3, -0.25) is 4.79 Å². The van der Waals surface area contributed by atoms with Crippen LogP contribution in [-0.4, -0.2) is 10.5 Å². The predicted octanol–water partition coefficient (Wildman–Crippen LogP) is 9.64. The van der Waals surface area contributed by atoms with E-state index in [0.717, 1.165) is 33.8 Å². The number of halogens is 1. The molecule has 196 valence electrons. The highest BCUT2D eigenvalue weighted by atomic mass is 19.1. The molecule has 0 bridgehead atoms. The van der Waals surface area contributed by atoms with Crippen LogP contribution in [0.2, 0.25) is 0 Å². The Morgan fingerprint density at radius 3 is 2.11 bits per heavy atom. The summed E-state index contributed by atoms with van der Waals surface area (Å²) in [5.41, 5.74) is 5.74.